The van der Waals surface area contributed by atoms with Gasteiger partial charge in [0, 0.05) is 11.8 Å². The number of hydrogen-bond acceptors (Lipinski definition) is 4. The summed E-state index contributed by atoms with van der Waals surface area (Å²) in [6, 6.07) is 10.1. The Hall–Kier alpha value is -1.72. The molecule has 0 saturated heterocycles. The molecule has 0 amide bonds. The van der Waals surface area contributed by atoms with Crippen LogP contribution in [0, 0.1) is 0 Å². The number of aromatic nitrogens is 4. The van der Waals surface area contributed by atoms with Gasteiger partial charge in [0.15, 0.2) is 0 Å². The summed E-state index contributed by atoms with van der Waals surface area (Å²) in [5.74, 6) is 0.379. The fourth-order valence-corrected chi connectivity index (χ4v) is 2.44. The van der Waals surface area contributed by atoms with Crippen LogP contribution in [-0.2, 0) is 5.88 Å². The highest BCUT2D eigenvalue weighted by molar-refractivity contribution is 7.13. The third-order valence-electron chi connectivity index (χ3n) is 2.46. The minimum atomic E-state index is 0.379. The number of rotatable bonds is 3. The molecule has 18 heavy (non-hydrogen) atoms. The molecule has 2 aromatic heterocycles. The number of benzene rings is 1. The van der Waals surface area contributed by atoms with Crippen molar-refractivity contribution in [2.75, 3.05) is 0 Å². The van der Waals surface area contributed by atoms with Crippen molar-refractivity contribution in [3.63, 3.8) is 0 Å². The molecule has 3 aromatic rings. The second kappa shape index (κ2) is 4.88. The third-order valence-corrected chi connectivity index (χ3v) is 3.78. The maximum Gasteiger partial charge on any atom is 0.232 e. The summed E-state index contributed by atoms with van der Waals surface area (Å²) >= 11 is 7.15. The van der Waals surface area contributed by atoms with Crippen molar-refractivity contribution in [2.24, 2.45) is 0 Å². The summed E-state index contributed by atoms with van der Waals surface area (Å²) in [5.41, 5.74) is 2.18. The molecule has 2 heterocycles. The number of alkyl halides is 1. The first kappa shape index (κ1) is 11.4. The van der Waals surface area contributed by atoms with Gasteiger partial charge in [-0.15, -0.1) is 21.8 Å². The van der Waals surface area contributed by atoms with Crippen LogP contribution in [0.25, 0.3) is 16.3 Å². The summed E-state index contributed by atoms with van der Waals surface area (Å²) in [6.45, 7) is 0. The average Bonchev–Trinajstić information content (AvgIpc) is 3.08. The van der Waals surface area contributed by atoms with E-state index in [4.69, 9.17) is 11.6 Å². The van der Waals surface area contributed by atoms with Crippen molar-refractivity contribution in [1.29, 1.82) is 0 Å². The molecule has 0 aliphatic heterocycles. The van der Waals surface area contributed by atoms with Crippen LogP contribution in [-0.4, -0.2) is 20.0 Å². The van der Waals surface area contributed by atoms with Gasteiger partial charge in [-0.05, 0) is 5.56 Å². The van der Waals surface area contributed by atoms with E-state index in [0.717, 1.165) is 21.3 Å². The fourth-order valence-electron chi connectivity index (χ4n) is 1.60. The predicted octanol–water partition coefficient (Wildman–Crippen LogP) is 3.13. The van der Waals surface area contributed by atoms with Gasteiger partial charge in [0.25, 0.3) is 0 Å². The summed E-state index contributed by atoms with van der Waals surface area (Å²) in [7, 11) is 0. The monoisotopic (exact) mass is 276 g/mol. The van der Waals surface area contributed by atoms with Gasteiger partial charge in [0.05, 0.1) is 12.1 Å². The molecular formula is C12H9ClN4S. The van der Waals surface area contributed by atoms with Crippen LogP contribution in [0.15, 0.2) is 42.7 Å². The molecule has 4 nitrogen and oxygen atoms in total. The molecule has 0 bridgehead atoms. The molecule has 0 aliphatic carbocycles. The van der Waals surface area contributed by atoms with Crippen LogP contribution in [0.5, 0.6) is 0 Å². The summed E-state index contributed by atoms with van der Waals surface area (Å²) in [6.07, 6.45) is 3.75. The average molecular weight is 277 g/mol. The highest BCUT2D eigenvalue weighted by Crippen LogP contribution is 2.21. The lowest BCUT2D eigenvalue weighted by molar-refractivity contribution is 0.843. The van der Waals surface area contributed by atoms with E-state index in [1.54, 1.807) is 4.68 Å². The Morgan fingerprint density at radius 1 is 1.11 bits per heavy atom. The normalized spacial score (nSPS) is 10.7. The molecule has 0 fully saturated rings. The Labute approximate surface area is 113 Å². The topological polar surface area (TPSA) is 43.6 Å². The third kappa shape index (κ3) is 2.14. The van der Waals surface area contributed by atoms with Crippen molar-refractivity contribution in [3.8, 4) is 16.3 Å². The minimum absolute atomic E-state index is 0.379. The largest absolute Gasteiger partial charge is 0.232 e. The van der Waals surface area contributed by atoms with Crippen molar-refractivity contribution in [3.05, 3.63) is 47.7 Å². The zero-order valence-electron chi connectivity index (χ0n) is 9.32. The lowest BCUT2D eigenvalue weighted by Crippen LogP contribution is -1.92. The zero-order valence-corrected chi connectivity index (χ0v) is 10.9. The van der Waals surface area contributed by atoms with Crippen molar-refractivity contribution in [2.45, 2.75) is 5.88 Å². The van der Waals surface area contributed by atoms with E-state index in [1.807, 2.05) is 42.7 Å². The van der Waals surface area contributed by atoms with Gasteiger partial charge < -0.3 is 0 Å². The van der Waals surface area contributed by atoms with Gasteiger partial charge in [-0.3, -0.25) is 0 Å². The van der Waals surface area contributed by atoms with E-state index in [-0.39, 0.29) is 0 Å². The van der Waals surface area contributed by atoms with Crippen LogP contribution >= 0.6 is 22.9 Å². The Bertz CT molecular complexity index is 647. The molecule has 6 heteroatoms. The first-order chi connectivity index (χ1) is 8.86. The maximum absolute atomic E-state index is 5.71. The van der Waals surface area contributed by atoms with E-state index in [1.165, 1.54) is 11.3 Å². The van der Waals surface area contributed by atoms with Gasteiger partial charge in [-0.1, -0.05) is 41.7 Å². The molecule has 90 valence electrons. The Balaban J connectivity index is 1.94. The first-order valence-electron chi connectivity index (χ1n) is 5.35. The van der Waals surface area contributed by atoms with Crippen LogP contribution in [0.1, 0.15) is 5.01 Å². The van der Waals surface area contributed by atoms with Crippen LogP contribution in [0.3, 0.4) is 0 Å². The molecule has 0 saturated carbocycles. The first-order valence-corrected chi connectivity index (χ1v) is 6.71. The Morgan fingerprint density at radius 2 is 1.94 bits per heavy atom. The standard InChI is InChI=1S/C12H9ClN4S/c13-6-11-15-16-12(18-11)17-8-10(7-14-17)9-4-2-1-3-5-9/h1-5,7-8H,6H2. The van der Waals surface area contributed by atoms with Gasteiger partial charge in [0.1, 0.15) is 5.01 Å². The summed E-state index contributed by atoms with van der Waals surface area (Å²) < 4.78 is 1.72. The molecule has 0 unspecified atom stereocenters. The quantitative estimate of drug-likeness (QED) is 0.690. The zero-order chi connectivity index (χ0) is 12.4. The number of nitrogens with zero attached hydrogens (tertiary/aromatic N) is 4. The second-order valence-electron chi connectivity index (χ2n) is 3.65. The van der Waals surface area contributed by atoms with Gasteiger partial charge in [0.2, 0.25) is 5.13 Å². The van der Waals surface area contributed by atoms with E-state index >= 15 is 0 Å². The lowest BCUT2D eigenvalue weighted by atomic mass is 10.1. The lowest BCUT2D eigenvalue weighted by Gasteiger charge is -1.94. The molecule has 0 aliphatic rings. The molecule has 0 atom stereocenters. The van der Waals surface area contributed by atoms with Crippen LogP contribution < -0.4 is 0 Å². The van der Waals surface area contributed by atoms with Gasteiger partial charge in [-0.2, -0.15) is 5.10 Å². The van der Waals surface area contributed by atoms with Crippen LogP contribution in [0.4, 0.5) is 0 Å². The molecule has 0 radical (unpaired) electrons. The van der Waals surface area contributed by atoms with Crippen molar-refractivity contribution in [1.82, 2.24) is 20.0 Å². The van der Waals surface area contributed by atoms with Gasteiger partial charge >= 0.3 is 0 Å². The smallest absolute Gasteiger partial charge is 0.212 e. The second-order valence-corrected chi connectivity index (χ2v) is 4.96. The number of hydrogen-bond donors (Lipinski definition) is 0. The summed E-state index contributed by atoms with van der Waals surface area (Å²) in [5, 5.41) is 13.8. The Morgan fingerprint density at radius 3 is 2.67 bits per heavy atom. The van der Waals surface area contributed by atoms with E-state index in [9.17, 15) is 0 Å². The predicted molar refractivity (Wildman–Crippen MR) is 72.0 cm³/mol. The summed E-state index contributed by atoms with van der Waals surface area (Å²) in [4.78, 5) is 0. The molecule has 0 N–H and O–H groups in total. The molecular weight excluding hydrogens is 268 g/mol. The van der Waals surface area contributed by atoms with E-state index in [2.05, 4.69) is 15.3 Å². The fraction of sp³-hybridized carbons (Fsp3) is 0.0833. The van der Waals surface area contributed by atoms with E-state index in [0.29, 0.717) is 5.88 Å². The maximum atomic E-state index is 5.71. The van der Waals surface area contributed by atoms with Gasteiger partial charge in [-0.25, -0.2) is 4.68 Å². The SMILES string of the molecule is ClCc1nnc(-n2cc(-c3ccccc3)cn2)s1. The Kier molecular flexibility index (Phi) is 3.08. The highest BCUT2D eigenvalue weighted by atomic mass is 35.5. The highest BCUT2D eigenvalue weighted by Gasteiger charge is 2.07. The molecule has 3 rings (SSSR count). The van der Waals surface area contributed by atoms with Crippen molar-refractivity contribution >= 4 is 22.9 Å². The van der Waals surface area contributed by atoms with Crippen molar-refractivity contribution < 1.29 is 0 Å². The molecule has 1 aromatic carbocycles. The van der Waals surface area contributed by atoms with Crippen LogP contribution in [0.2, 0.25) is 0 Å². The molecule has 0 spiro atoms. The minimum Gasteiger partial charge on any atom is -0.212 e. The van der Waals surface area contributed by atoms with E-state index < -0.39 is 0 Å². The number of halogens is 1.